The molecular weight excluding hydrogens is 735 g/mol. The summed E-state index contributed by atoms with van der Waals surface area (Å²) in [5.74, 6) is -3.72. The number of alkyl halides is 9. The average Bonchev–Trinajstić information content (AvgIpc) is 3.51. The zero-order valence-electron chi connectivity index (χ0n) is 30.1. The highest BCUT2D eigenvalue weighted by molar-refractivity contribution is 5.89. The van der Waals surface area contributed by atoms with Crippen molar-refractivity contribution in [1.82, 2.24) is 19.7 Å². The lowest BCUT2D eigenvalue weighted by atomic mass is 9.76. The Morgan fingerprint density at radius 2 is 1.69 bits per heavy atom. The molecule has 2 atom stereocenters. The van der Waals surface area contributed by atoms with Gasteiger partial charge in [-0.05, 0) is 93.7 Å². The van der Waals surface area contributed by atoms with Gasteiger partial charge in [0.25, 0.3) is 5.56 Å². The Morgan fingerprint density at radius 1 is 1.02 bits per heavy atom. The Hall–Kier alpha value is -4.12. The molecule has 2 heterocycles. The maximum Gasteiger partial charge on any atom is 0.417 e. The van der Waals surface area contributed by atoms with Gasteiger partial charge in [-0.2, -0.15) is 39.5 Å². The third kappa shape index (κ3) is 8.26. The molecule has 0 radical (unpaired) electrons. The molecule has 1 aliphatic carbocycles. The van der Waals surface area contributed by atoms with E-state index < -0.39 is 103 Å². The molecule has 1 aliphatic heterocycles. The van der Waals surface area contributed by atoms with Gasteiger partial charge in [-0.1, -0.05) is 24.3 Å². The highest BCUT2D eigenvalue weighted by atomic mass is 19.4. The third-order valence-corrected chi connectivity index (χ3v) is 10.6. The number of ether oxygens (including phenoxy) is 1. The molecule has 296 valence electrons. The van der Waals surface area contributed by atoms with Crippen molar-refractivity contribution in [2.24, 2.45) is 12.5 Å². The first-order valence-electron chi connectivity index (χ1n) is 17.3. The van der Waals surface area contributed by atoms with Gasteiger partial charge >= 0.3 is 24.5 Å². The topological polar surface area (TPSA) is 83.9 Å². The summed E-state index contributed by atoms with van der Waals surface area (Å²) in [6.07, 6.45) is -16.4. The van der Waals surface area contributed by atoms with Crippen LogP contribution in [-0.4, -0.2) is 92.0 Å². The van der Waals surface area contributed by atoms with Gasteiger partial charge < -0.3 is 19.5 Å². The monoisotopic (exact) mass is 776 g/mol. The minimum absolute atomic E-state index is 0.0807. The summed E-state index contributed by atoms with van der Waals surface area (Å²) in [6, 6.07) is 7.54. The fourth-order valence-electron chi connectivity index (χ4n) is 7.81. The molecule has 1 fully saturated rings. The number of likely N-dealkylation sites (tertiary alicyclic amines) is 1. The normalized spacial score (nSPS) is 18.5. The molecule has 0 saturated carbocycles. The van der Waals surface area contributed by atoms with Crippen molar-refractivity contribution in [2.45, 2.75) is 69.0 Å². The zero-order chi connectivity index (χ0) is 40.0. The number of methoxy groups -OCH3 is 1. The molecule has 1 amide bonds. The summed E-state index contributed by atoms with van der Waals surface area (Å²) in [7, 11) is 6.04. The number of hydrogen-bond acceptors (Lipinski definition) is 6. The van der Waals surface area contributed by atoms with Crippen LogP contribution in [0.4, 0.5) is 39.5 Å². The Bertz CT molecular complexity index is 1950. The summed E-state index contributed by atoms with van der Waals surface area (Å²) in [4.78, 5) is 42.8. The lowest BCUT2D eigenvalue weighted by Crippen LogP contribution is -2.59. The molecule has 2 aromatic carbocycles. The Balaban J connectivity index is 1.50. The third-order valence-electron chi connectivity index (χ3n) is 10.6. The highest BCUT2D eigenvalue weighted by Gasteiger charge is 2.61. The molecule has 8 nitrogen and oxygen atoms in total. The van der Waals surface area contributed by atoms with Crippen LogP contribution in [0.1, 0.15) is 58.6 Å². The van der Waals surface area contributed by atoms with Crippen molar-refractivity contribution in [3.05, 3.63) is 80.1 Å². The number of rotatable bonds is 10. The number of fused-ring (bicyclic) bond motifs is 2. The zero-order valence-corrected chi connectivity index (χ0v) is 30.1. The van der Waals surface area contributed by atoms with E-state index in [9.17, 15) is 40.7 Å². The second-order valence-corrected chi connectivity index (χ2v) is 14.4. The Morgan fingerprint density at radius 3 is 2.26 bits per heavy atom. The first-order chi connectivity index (χ1) is 25.1. The van der Waals surface area contributed by atoms with Crippen LogP contribution in [0.3, 0.4) is 0 Å². The van der Waals surface area contributed by atoms with Crippen LogP contribution in [0.15, 0.2) is 41.2 Å². The number of aromatic nitrogens is 1. The number of halogens is 9. The second kappa shape index (κ2) is 15.2. The lowest BCUT2D eigenvalue weighted by Gasteiger charge is -2.42. The summed E-state index contributed by atoms with van der Waals surface area (Å²) in [5.41, 5.74) is -3.47. The van der Waals surface area contributed by atoms with Crippen LogP contribution in [0.25, 0.3) is 10.9 Å². The summed E-state index contributed by atoms with van der Waals surface area (Å²) < 4.78 is 133. The number of nitrogens with zero attached hydrogens (tertiary/aromatic N) is 3. The van der Waals surface area contributed by atoms with Crippen molar-refractivity contribution in [2.75, 3.05) is 47.4 Å². The minimum atomic E-state index is -5.17. The lowest BCUT2D eigenvalue weighted by molar-refractivity contribution is -0.236. The van der Waals surface area contributed by atoms with E-state index in [1.165, 1.54) is 35.9 Å². The first kappa shape index (κ1) is 41.1. The maximum absolute atomic E-state index is 15.0. The molecule has 1 aromatic heterocycles. The molecule has 1 saturated heterocycles. The summed E-state index contributed by atoms with van der Waals surface area (Å²) in [6.45, 7) is -2.21. The number of pyridine rings is 1. The van der Waals surface area contributed by atoms with Crippen molar-refractivity contribution >= 4 is 22.8 Å². The van der Waals surface area contributed by atoms with E-state index in [0.29, 0.717) is 35.2 Å². The summed E-state index contributed by atoms with van der Waals surface area (Å²) in [5, 5.41) is 2.01. The summed E-state index contributed by atoms with van der Waals surface area (Å²) >= 11 is 0. The van der Waals surface area contributed by atoms with Crippen LogP contribution in [-0.2, 0) is 46.8 Å². The largest absolute Gasteiger partial charge is 0.467 e. The van der Waals surface area contributed by atoms with Crippen molar-refractivity contribution in [3.63, 3.8) is 0 Å². The quantitative estimate of drug-likeness (QED) is 0.197. The number of aryl methyl sites for hydroxylation is 1. The number of esters is 1. The van der Waals surface area contributed by atoms with Gasteiger partial charge in [0.2, 0.25) is 5.91 Å². The van der Waals surface area contributed by atoms with Crippen LogP contribution >= 0.6 is 0 Å². The molecule has 5 rings (SSSR count). The van der Waals surface area contributed by atoms with E-state index in [-0.39, 0.29) is 23.7 Å². The molecule has 3 aromatic rings. The van der Waals surface area contributed by atoms with Gasteiger partial charge in [-0.15, -0.1) is 0 Å². The van der Waals surface area contributed by atoms with Crippen LogP contribution in [0.2, 0.25) is 0 Å². The maximum atomic E-state index is 15.0. The van der Waals surface area contributed by atoms with Crippen LogP contribution in [0.5, 0.6) is 0 Å². The molecule has 2 aliphatic rings. The SMILES string of the molecule is COC(=O)[C@H](Cc1cccc2c1CC[C@H]2c1c(C(F)(F)F)c2cc(CCN(C)C)ccc2n(C)c1=O)NC(=O)C1(C(F)(F)F)CCN(CC(F)(F)F)CC1. The Kier molecular flexibility index (Phi) is 11.6. The number of benzene rings is 2. The standard InChI is InChI=1S/C37H41F9N4O4/c1-48(2)15-12-21-8-11-28-26(18-21)30(36(41,42)43)29(31(51)49(28)3)25-10-9-23-22(6-5-7-24(23)25)19-27(32(52)54-4)47-33(53)34(37(44,45)46)13-16-50(17-14-34)20-35(38,39)40/h5-8,11,18,25,27H,9-10,12-17,19-20H2,1-4H3,(H,47,53)/t25-,27+/m1/s1. The number of nitrogens with one attached hydrogen (secondary N) is 1. The molecule has 0 bridgehead atoms. The van der Waals surface area contributed by atoms with E-state index in [1.54, 1.807) is 12.1 Å². The van der Waals surface area contributed by atoms with E-state index >= 15 is 13.2 Å². The van der Waals surface area contributed by atoms with Gasteiger partial charge in [0, 0.05) is 36.9 Å². The van der Waals surface area contributed by atoms with E-state index in [0.717, 1.165) is 12.0 Å². The van der Waals surface area contributed by atoms with Crippen molar-refractivity contribution < 1.29 is 53.8 Å². The molecule has 0 unspecified atom stereocenters. The number of carbonyl (C=O) groups excluding carboxylic acids is 2. The van der Waals surface area contributed by atoms with Crippen LogP contribution < -0.4 is 10.9 Å². The van der Waals surface area contributed by atoms with Crippen molar-refractivity contribution in [3.8, 4) is 0 Å². The molecule has 1 N–H and O–H groups in total. The van der Waals surface area contributed by atoms with Gasteiger partial charge in [-0.25, -0.2) is 4.79 Å². The van der Waals surface area contributed by atoms with Gasteiger partial charge in [0.15, 0.2) is 0 Å². The van der Waals surface area contributed by atoms with Gasteiger partial charge in [0.1, 0.15) is 11.5 Å². The fraction of sp³-hybridized carbons (Fsp3) is 0.541. The molecule has 17 heteroatoms. The number of hydrogen-bond donors (Lipinski definition) is 1. The van der Waals surface area contributed by atoms with Crippen molar-refractivity contribution in [1.29, 1.82) is 0 Å². The predicted molar refractivity (Wildman–Crippen MR) is 181 cm³/mol. The number of likely N-dealkylation sites (N-methyl/N-ethyl adjacent to an activating group) is 1. The minimum Gasteiger partial charge on any atom is -0.467 e. The van der Waals surface area contributed by atoms with Crippen LogP contribution in [0, 0.1) is 5.41 Å². The highest BCUT2D eigenvalue weighted by Crippen LogP contribution is 2.48. The predicted octanol–water partition coefficient (Wildman–Crippen LogP) is 6.15. The first-order valence-corrected chi connectivity index (χ1v) is 17.3. The molecule has 0 spiro atoms. The van der Waals surface area contributed by atoms with E-state index in [1.807, 2.05) is 19.0 Å². The Labute approximate surface area is 305 Å². The van der Waals surface area contributed by atoms with E-state index in [4.69, 9.17) is 4.74 Å². The van der Waals surface area contributed by atoms with E-state index in [2.05, 4.69) is 5.32 Å². The van der Waals surface area contributed by atoms with Gasteiger partial charge in [-0.3, -0.25) is 14.5 Å². The number of amides is 1. The van der Waals surface area contributed by atoms with Gasteiger partial charge in [0.05, 0.1) is 24.7 Å². The molecule has 54 heavy (non-hydrogen) atoms. The molecular formula is C37H41F9N4O4. The average molecular weight is 777 g/mol. The number of piperidine rings is 1. The smallest absolute Gasteiger partial charge is 0.417 e. The number of carbonyl (C=O) groups is 2. The second-order valence-electron chi connectivity index (χ2n) is 14.4. The fourth-order valence-corrected chi connectivity index (χ4v) is 7.81.